The lowest BCUT2D eigenvalue weighted by molar-refractivity contribution is 0.572. The van der Waals surface area contributed by atoms with Crippen LogP contribution in [0.5, 0.6) is 0 Å². The van der Waals surface area contributed by atoms with Gasteiger partial charge in [-0.1, -0.05) is 33.6 Å². The van der Waals surface area contributed by atoms with Crippen molar-refractivity contribution in [1.82, 2.24) is 9.78 Å². The minimum atomic E-state index is 0.499. The maximum Gasteiger partial charge on any atom is 0.150 e. The predicted octanol–water partition coefficient (Wildman–Crippen LogP) is 3.36. The molecule has 0 saturated carbocycles. The van der Waals surface area contributed by atoms with Crippen molar-refractivity contribution < 1.29 is 0 Å². The van der Waals surface area contributed by atoms with Crippen molar-refractivity contribution in [1.29, 1.82) is 0 Å². The van der Waals surface area contributed by atoms with E-state index in [1.54, 1.807) is 0 Å². The molecule has 1 aromatic heterocycles. The third kappa shape index (κ3) is 3.64. The molecule has 0 aliphatic carbocycles. The quantitative estimate of drug-likeness (QED) is 0.785. The van der Waals surface area contributed by atoms with Crippen molar-refractivity contribution in [3.8, 4) is 0 Å². The molecule has 1 rings (SSSR count). The molecule has 1 heterocycles. The first-order valence-electron chi connectivity index (χ1n) is 7.64. The second-order valence-electron chi connectivity index (χ2n) is 5.36. The average Bonchev–Trinajstić information content (AvgIpc) is 2.66. The van der Waals surface area contributed by atoms with Crippen molar-refractivity contribution >= 4 is 11.5 Å². The number of nitrogen functional groups attached to an aromatic ring is 1. The first-order chi connectivity index (χ1) is 9.06. The zero-order chi connectivity index (χ0) is 14.4. The van der Waals surface area contributed by atoms with Crippen molar-refractivity contribution in [3.05, 3.63) is 5.69 Å². The number of aromatic nitrogens is 2. The summed E-state index contributed by atoms with van der Waals surface area (Å²) < 4.78 is 1.96. The topological polar surface area (TPSA) is 47.1 Å². The van der Waals surface area contributed by atoms with E-state index in [0.717, 1.165) is 43.0 Å². The Balaban J connectivity index is 3.06. The van der Waals surface area contributed by atoms with Crippen LogP contribution < -0.4 is 10.6 Å². The molecular formula is C15H30N4. The number of nitrogens with two attached hydrogens (primary N) is 1. The number of nitrogens with zero attached hydrogens (tertiary/aromatic N) is 3. The molecule has 4 heteroatoms. The Labute approximate surface area is 118 Å². The van der Waals surface area contributed by atoms with E-state index in [-0.39, 0.29) is 0 Å². The van der Waals surface area contributed by atoms with Gasteiger partial charge in [-0.15, -0.1) is 0 Å². The van der Waals surface area contributed by atoms with E-state index in [1.807, 2.05) is 11.7 Å². The number of aryl methyl sites for hydroxylation is 2. The standard InChI is InChI=1S/C15H30N4/c1-6-9-11-19(12(4)8-3)15-14(16)13(10-7-2)17-18(15)5/h12H,6-11,16H2,1-5H3. The molecule has 0 radical (unpaired) electrons. The van der Waals surface area contributed by atoms with Crippen LogP contribution in [-0.4, -0.2) is 22.4 Å². The van der Waals surface area contributed by atoms with Crippen LogP contribution in [0.4, 0.5) is 11.5 Å². The van der Waals surface area contributed by atoms with Crippen LogP contribution in [0.25, 0.3) is 0 Å². The van der Waals surface area contributed by atoms with E-state index < -0.39 is 0 Å². The van der Waals surface area contributed by atoms with Gasteiger partial charge in [0.2, 0.25) is 0 Å². The first-order valence-corrected chi connectivity index (χ1v) is 7.64. The fourth-order valence-corrected chi connectivity index (χ4v) is 2.43. The van der Waals surface area contributed by atoms with E-state index in [2.05, 4.69) is 37.7 Å². The highest BCUT2D eigenvalue weighted by atomic mass is 15.4. The van der Waals surface area contributed by atoms with Gasteiger partial charge in [0.15, 0.2) is 5.82 Å². The number of hydrogen-bond donors (Lipinski definition) is 1. The Bertz CT molecular complexity index is 384. The van der Waals surface area contributed by atoms with Gasteiger partial charge < -0.3 is 10.6 Å². The van der Waals surface area contributed by atoms with Crippen LogP contribution in [0.3, 0.4) is 0 Å². The van der Waals surface area contributed by atoms with Gasteiger partial charge in [-0.3, -0.25) is 4.68 Å². The van der Waals surface area contributed by atoms with Crippen LogP contribution >= 0.6 is 0 Å². The zero-order valence-electron chi connectivity index (χ0n) is 13.2. The van der Waals surface area contributed by atoms with Crippen LogP contribution in [-0.2, 0) is 13.5 Å². The van der Waals surface area contributed by atoms with E-state index in [9.17, 15) is 0 Å². The van der Waals surface area contributed by atoms with E-state index in [0.29, 0.717) is 6.04 Å². The normalized spacial score (nSPS) is 12.7. The highest BCUT2D eigenvalue weighted by Gasteiger charge is 2.21. The van der Waals surface area contributed by atoms with Crippen molar-refractivity contribution in [3.63, 3.8) is 0 Å². The summed E-state index contributed by atoms with van der Waals surface area (Å²) in [5.41, 5.74) is 8.25. The summed E-state index contributed by atoms with van der Waals surface area (Å²) in [6.07, 6.45) is 5.56. The third-order valence-electron chi connectivity index (χ3n) is 3.76. The maximum absolute atomic E-state index is 6.33. The molecule has 0 fully saturated rings. The lowest BCUT2D eigenvalue weighted by Crippen LogP contribution is -2.35. The molecule has 1 unspecified atom stereocenters. The lowest BCUT2D eigenvalue weighted by Gasteiger charge is -2.31. The van der Waals surface area contributed by atoms with Gasteiger partial charge >= 0.3 is 0 Å². The fourth-order valence-electron chi connectivity index (χ4n) is 2.43. The van der Waals surface area contributed by atoms with Gasteiger partial charge in [0.05, 0.1) is 11.4 Å². The number of anilines is 2. The highest BCUT2D eigenvalue weighted by Crippen LogP contribution is 2.29. The zero-order valence-corrected chi connectivity index (χ0v) is 13.2. The SMILES string of the molecule is CCCCN(c1c(N)c(CCC)nn1C)C(C)CC. The predicted molar refractivity (Wildman–Crippen MR) is 83.6 cm³/mol. The molecule has 0 amide bonds. The Morgan fingerprint density at radius 3 is 2.47 bits per heavy atom. The van der Waals surface area contributed by atoms with Gasteiger partial charge in [-0.25, -0.2) is 0 Å². The van der Waals surface area contributed by atoms with Crippen LogP contribution in [0.2, 0.25) is 0 Å². The molecule has 0 aliphatic heterocycles. The summed E-state index contributed by atoms with van der Waals surface area (Å²) in [4.78, 5) is 2.42. The molecule has 0 bridgehead atoms. The number of unbranched alkanes of at least 4 members (excludes halogenated alkanes) is 1. The Kier molecular flexibility index (Phi) is 6.19. The Morgan fingerprint density at radius 1 is 1.26 bits per heavy atom. The molecule has 2 N–H and O–H groups in total. The smallest absolute Gasteiger partial charge is 0.150 e. The van der Waals surface area contributed by atoms with Crippen molar-refractivity contribution in [2.75, 3.05) is 17.2 Å². The molecule has 4 nitrogen and oxygen atoms in total. The summed E-state index contributed by atoms with van der Waals surface area (Å²) in [5, 5.41) is 4.60. The Morgan fingerprint density at radius 2 is 1.95 bits per heavy atom. The van der Waals surface area contributed by atoms with Gasteiger partial charge in [0, 0.05) is 19.6 Å². The molecule has 0 saturated heterocycles. The van der Waals surface area contributed by atoms with E-state index in [1.165, 1.54) is 12.8 Å². The molecule has 0 spiro atoms. The number of rotatable bonds is 8. The third-order valence-corrected chi connectivity index (χ3v) is 3.76. The number of hydrogen-bond acceptors (Lipinski definition) is 3. The minimum Gasteiger partial charge on any atom is -0.394 e. The first kappa shape index (κ1) is 15.9. The van der Waals surface area contributed by atoms with Gasteiger partial charge in [-0.05, 0) is 26.2 Å². The maximum atomic E-state index is 6.33. The summed E-state index contributed by atoms with van der Waals surface area (Å²) in [6, 6.07) is 0.499. The highest BCUT2D eigenvalue weighted by molar-refractivity contribution is 5.67. The van der Waals surface area contributed by atoms with Gasteiger partial charge in [0.1, 0.15) is 0 Å². The molecule has 1 atom stereocenters. The summed E-state index contributed by atoms with van der Waals surface area (Å²) in [5.74, 6) is 1.10. The molecule has 0 aliphatic rings. The van der Waals surface area contributed by atoms with E-state index in [4.69, 9.17) is 5.73 Å². The Hall–Kier alpha value is -1.19. The van der Waals surface area contributed by atoms with Crippen molar-refractivity contribution in [2.24, 2.45) is 7.05 Å². The van der Waals surface area contributed by atoms with Gasteiger partial charge in [0.25, 0.3) is 0 Å². The molecule has 1 aromatic rings. The summed E-state index contributed by atoms with van der Waals surface area (Å²) in [6.45, 7) is 9.94. The second kappa shape index (κ2) is 7.41. The fraction of sp³-hybridized carbons (Fsp3) is 0.800. The summed E-state index contributed by atoms with van der Waals surface area (Å²) >= 11 is 0. The molecule has 110 valence electrons. The monoisotopic (exact) mass is 266 g/mol. The van der Waals surface area contributed by atoms with E-state index >= 15 is 0 Å². The molecular weight excluding hydrogens is 236 g/mol. The van der Waals surface area contributed by atoms with Gasteiger partial charge in [-0.2, -0.15) is 5.10 Å². The lowest BCUT2D eigenvalue weighted by atomic mass is 10.1. The van der Waals surface area contributed by atoms with Crippen LogP contribution in [0, 0.1) is 0 Å². The minimum absolute atomic E-state index is 0.499. The average molecular weight is 266 g/mol. The second-order valence-corrected chi connectivity index (χ2v) is 5.36. The largest absolute Gasteiger partial charge is 0.394 e. The van der Waals surface area contributed by atoms with Crippen molar-refractivity contribution in [2.45, 2.75) is 65.8 Å². The molecule has 0 aromatic carbocycles. The molecule has 19 heavy (non-hydrogen) atoms. The van der Waals surface area contributed by atoms with Crippen LogP contribution in [0.15, 0.2) is 0 Å². The summed E-state index contributed by atoms with van der Waals surface area (Å²) in [7, 11) is 2.01. The van der Waals surface area contributed by atoms with Crippen LogP contribution in [0.1, 0.15) is 59.1 Å².